The number of aliphatic hydroxyl groups is 1. The molecule has 4 amide bonds. The molecule has 0 radical (unpaired) electrons. The van der Waals surface area contributed by atoms with E-state index in [0.29, 0.717) is 5.69 Å². The highest BCUT2D eigenvalue weighted by atomic mass is 79.9. The zero-order chi connectivity index (χ0) is 21.0. The summed E-state index contributed by atoms with van der Waals surface area (Å²) in [5.74, 6) is -2.87. The van der Waals surface area contributed by atoms with Gasteiger partial charge in [-0.05, 0) is 36.5 Å². The Morgan fingerprint density at radius 1 is 1.25 bits per heavy atom. The van der Waals surface area contributed by atoms with Gasteiger partial charge in [0, 0.05) is 22.3 Å². The molecule has 2 aliphatic rings. The van der Waals surface area contributed by atoms with Crippen LogP contribution in [-0.4, -0.2) is 34.3 Å². The average Bonchev–Trinajstić information content (AvgIpc) is 2.77. The number of aryl methyl sites for hydroxylation is 1. The van der Waals surface area contributed by atoms with Crippen LogP contribution in [0.2, 0.25) is 0 Å². The van der Waals surface area contributed by atoms with Crippen LogP contribution >= 0.6 is 15.9 Å². The first kappa shape index (κ1) is 20.2. The van der Waals surface area contributed by atoms with Gasteiger partial charge in [-0.1, -0.05) is 35.8 Å². The predicted octanol–water partition coefficient (Wildman–Crippen LogP) is 1.67. The molecule has 3 rings (SSSR count). The number of carbonyl (C=O) groups excluding carboxylic acids is 4. The third-order valence-corrected chi connectivity index (χ3v) is 5.83. The van der Waals surface area contributed by atoms with Crippen LogP contribution < -0.4 is 16.0 Å². The molecule has 0 spiro atoms. The SMILES string of the molecule is Cc1ccc(N2C(=O)C(O)(C(=O)NC(N)=O)C3=C2CC(C)(C)CC3=O)cc1Br. The standard InChI is InChI=1S/C19H20BrN3O5/c1-9-4-5-10(6-11(9)20)23-12-7-18(2,3)8-13(24)14(12)19(28,16(23)26)15(25)22-17(21)27/h4-6,28H,7-8H2,1-3H3,(H3,21,22,25,27). The molecule has 4 N–H and O–H groups in total. The van der Waals surface area contributed by atoms with Gasteiger partial charge in [0.05, 0.1) is 5.57 Å². The Labute approximate surface area is 169 Å². The Kier molecular flexibility index (Phi) is 4.71. The van der Waals surface area contributed by atoms with Crippen LogP contribution in [0, 0.1) is 12.3 Å². The normalized spacial score (nSPS) is 23.7. The largest absolute Gasteiger partial charge is 0.368 e. The molecule has 0 aromatic heterocycles. The van der Waals surface area contributed by atoms with E-state index in [0.717, 1.165) is 10.0 Å². The number of Topliss-reactive ketones (excluding diaryl/α,β-unsaturated/α-hetero) is 1. The maximum atomic E-state index is 13.2. The summed E-state index contributed by atoms with van der Waals surface area (Å²) in [6.45, 7) is 5.60. The van der Waals surface area contributed by atoms with Crippen LogP contribution in [0.5, 0.6) is 0 Å². The minimum Gasteiger partial charge on any atom is -0.368 e. The Balaban J connectivity index is 2.23. The van der Waals surface area contributed by atoms with Gasteiger partial charge in [0.25, 0.3) is 17.4 Å². The fourth-order valence-corrected chi connectivity index (χ4v) is 4.05. The van der Waals surface area contributed by atoms with E-state index >= 15 is 0 Å². The Morgan fingerprint density at radius 2 is 1.89 bits per heavy atom. The van der Waals surface area contributed by atoms with Crippen LogP contribution in [-0.2, 0) is 14.4 Å². The minimum absolute atomic E-state index is 0.0523. The molecule has 28 heavy (non-hydrogen) atoms. The molecule has 1 aliphatic carbocycles. The molecule has 1 atom stereocenters. The van der Waals surface area contributed by atoms with Crippen molar-refractivity contribution >= 4 is 45.2 Å². The summed E-state index contributed by atoms with van der Waals surface area (Å²) in [6.07, 6.45) is 0.341. The fourth-order valence-electron chi connectivity index (χ4n) is 3.69. The van der Waals surface area contributed by atoms with E-state index in [4.69, 9.17) is 5.73 Å². The lowest BCUT2D eigenvalue weighted by atomic mass is 9.73. The zero-order valence-corrected chi connectivity index (χ0v) is 17.2. The number of urea groups is 1. The highest BCUT2D eigenvalue weighted by molar-refractivity contribution is 9.10. The molecular weight excluding hydrogens is 430 g/mol. The van der Waals surface area contributed by atoms with Gasteiger partial charge in [-0.2, -0.15) is 0 Å². The molecule has 1 unspecified atom stereocenters. The Morgan fingerprint density at radius 3 is 2.46 bits per heavy atom. The molecule has 1 aromatic rings. The molecule has 148 valence electrons. The minimum atomic E-state index is -2.81. The van der Waals surface area contributed by atoms with E-state index in [1.165, 1.54) is 4.90 Å². The first-order valence-electron chi connectivity index (χ1n) is 8.59. The molecule has 1 heterocycles. The molecule has 0 saturated carbocycles. The van der Waals surface area contributed by atoms with Crippen LogP contribution in [0.1, 0.15) is 32.3 Å². The van der Waals surface area contributed by atoms with Crippen LogP contribution in [0.15, 0.2) is 33.9 Å². The average molecular weight is 450 g/mol. The van der Waals surface area contributed by atoms with E-state index in [1.54, 1.807) is 23.5 Å². The Bertz CT molecular complexity index is 968. The number of carbonyl (C=O) groups is 4. The molecule has 9 heteroatoms. The van der Waals surface area contributed by atoms with Crippen molar-refractivity contribution in [1.82, 2.24) is 5.32 Å². The van der Waals surface area contributed by atoms with Gasteiger partial charge in [-0.15, -0.1) is 0 Å². The number of allylic oxidation sites excluding steroid dienone is 1. The maximum Gasteiger partial charge on any atom is 0.318 e. The number of benzene rings is 1. The highest BCUT2D eigenvalue weighted by Gasteiger charge is 2.61. The predicted molar refractivity (Wildman–Crippen MR) is 104 cm³/mol. The van der Waals surface area contributed by atoms with E-state index < -0.39 is 34.6 Å². The molecule has 1 aromatic carbocycles. The van der Waals surface area contributed by atoms with E-state index in [9.17, 15) is 24.3 Å². The lowest BCUT2D eigenvalue weighted by Crippen LogP contribution is -2.57. The van der Waals surface area contributed by atoms with Gasteiger partial charge in [-0.25, -0.2) is 4.79 Å². The number of nitrogens with zero attached hydrogens (tertiary/aromatic N) is 1. The number of anilines is 1. The van der Waals surface area contributed by atoms with Gasteiger partial charge < -0.3 is 10.8 Å². The van der Waals surface area contributed by atoms with Crippen molar-refractivity contribution in [2.75, 3.05) is 4.90 Å². The molecule has 8 nitrogen and oxygen atoms in total. The summed E-state index contributed by atoms with van der Waals surface area (Å²) in [6, 6.07) is 3.87. The van der Waals surface area contributed by atoms with Gasteiger partial charge in [-0.3, -0.25) is 24.6 Å². The number of nitrogens with one attached hydrogen (secondary N) is 1. The third-order valence-electron chi connectivity index (χ3n) is 4.98. The number of halogens is 1. The second-order valence-electron chi connectivity index (χ2n) is 7.87. The van der Waals surface area contributed by atoms with E-state index in [-0.39, 0.29) is 24.1 Å². The van der Waals surface area contributed by atoms with Crippen molar-refractivity contribution in [3.05, 3.63) is 39.5 Å². The number of ketones is 1. The smallest absolute Gasteiger partial charge is 0.318 e. The van der Waals surface area contributed by atoms with Crippen molar-refractivity contribution in [3.8, 4) is 0 Å². The summed E-state index contributed by atoms with van der Waals surface area (Å²) >= 11 is 3.40. The summed E-state index contributed by atoms with van der Waals surface area (Å²) in [7, 11) is 0. The van der Waals surface area contributed by atoms with Crippen molar-refractivity contribution < 1.29 is 24.3 Å². The second kappa shape index (κ2) is 6.52. The van der Waals surface area contributed by atoms with Crippen molar-refractivity contribution in [2.24, 2.45) is 11.1 Å². The number of primary amides is 1. The van der Waals surface area contributed by atoms with Gasteiger partial charge >= 0.3 is 6.03 Å². The third kappa shape index (κ3) is 3.04. The first-order chi connectivity index (χ1) is 12.9. The monoisotopic (exact) mass is 449 g/mol. The number of imide groups is 1. The number of rotatable bonds is 2. The second-order valence-corrected chi connectivity index (χ2v) is 8.72. The topological polar surface area (TPSA) is 130 Å². The molecular formula is C19H20BrN3O5. The van der Waals surface area contributed by atoms with E-state index in [1.807, 2.05) is 20.8 Å². The summed E-state index contributed by atoms with van der Waals surface area (Å²) in [4.78, 5) is 50.9. The number of amides is 4. The molecule has 0 bridgehead atoms. The number of hydrogen-bond donors (Lipinski definition) is 3. The van der Waals surface area contributed by atoms with Crippen molar-refractivity contribution in [1.29, 1.82) is 0 Å². The summed E-state index contributed by atoms with van der Waals surface area (Å²) < 4.78 is 0.721. The van der Waals surface area contributed by atoms with Gasteiger partial charge in [0.2, 0.25) is 0 Å². The van der Waals surface area contributed by atoms with Crippen LogP contribution in [0.3, 0.4) is 0 Å². The van der Waals surface area contributed by atoms with Crippen LogP contribution in [0.4, 0.5) is 10.5 Å². The summed E-state index contributed by atoms with van der Waals surface area (Å²) in [5, 5.41) is 12.8. The molecule has 1 aliphatic heterocycles. The number of hydrogen-bond acceptors (Lipinski definition) is 5. The molecule has 0 saturated heterocycles. The van der Waals surface area contributed by atoms with Gasteiger partial charge in [0.15, 0.2) is 5.78 Å². The van der Waals surface area contributed by atoms with Gasteiger partial charge in [0.1, 0.15) is 0 Å². The number of nitrogens with two attached hydrogens (primary N) is 1. The van der Waals surface area contributed by atoms with Crippen molar-refractivity contribution in [2.45, 2.75) is 39.2 Å². The maximum absolute atomic E-state index is 13.2. The zero-order valence-electron chi connectivity index (χ0n) is 15.6. The van der Waals surface area contributed by atoms with Crippen LogP contribution in [0.25, 0.3) is 0 Å². The lowest BCUT2D eigenvalue weighted by molar-refractivity contribution is -0.147. The fraction of sp³-hybridized carbons (Fsp3) is 0.368. The highest BCUT2D eigenvalue weighted by Crippen LogP contribution is 2.48. The Hall–Kier alpha value is -2.52. The van der Waals surface area contributed by atoms with Crippen molar-refractivity contribution in [3.63, 3.8) is 0 Å². The van der Waals surface area contributed by atoms with E-state index in [2.05, 4.69) is 15.9 Å². The molecule has 0 fully saturated rings. The summed E-state index contributed by atoms with van der Waals surface area (Å²) in [5.41, 5.74) is 2.97. The first-order valence-corrected chi connectivity index (χ1v) is 9.38. The quantitative estimate of drug-likeness (QED) is 0.591. The lowest BCUT2D eigenvalue weighted by Gasteiger charge is -2.32.